The van der Waals surface area contributed by atoms with Gasteiger partial charge in [-0.2, -0.15) is 0 Å². The Morgan fingerprint density at radius 1 is 1.03 bits per heavy atom. The van der Waals surface area contributed by atoms with Gasteiger partial charge in [0.05, 0.1) is 11.1 Å². The zero-order valence-electron chi connectivity index (χ0n) is 17.2. The molecule has 2 aromatic carbocycles. The monoisotopic (exact) mass is 417 g/mol. The number of carbonyl (C=O) groups excluding carboxylic acids is 3. The number of nitrogens with one attached hydrogen (secondary N) is 1. The Hall–Kier alpha value is -3.74. The number of fused-ring (bicyclic) bond motifs is 2. The molecule has 7 heteroatoms. The minimum atomic E-state index is -1.01. The Balaban J connectivity index is 1.54. The van der Waals surface area contributed by atoms with Crippen molar-refractivity contribution in [2.45, 2.75) is 38.7 Å². The third-order valence-electron chi connectivity index (χ3n) is 5.46. The van der Waals surface area contributed by atoms with Crippen LogP contribution in [0.15, 0.2) is 48.5 Å². The normalized spacial score (nSPS) is 13.8. The summed E-state index contributed by atoms with van der Waals surface area (Å²) in [7, 11) is 0. The first-order valence-electron chi connectivity index (χ1n) is 10.3. The van der Waals surface area contributed by atoms with Crippen LogP contribution in [-0.2, 0) is 22.4 Å². The van der Waals surface area contributed by atoms with Crippen molar-refractivity contribution in [2.75, 3.05) is 5.32 Å². The fourth-order valence-electron chi connectivity index (χ4n) is 3.84. The number of primary amides is 1. The molecule has 7 nitrogen and oxygen atoms in total. The minimum Gasteiger partial charge on any atom is -0.449 e. The average Bonchev–Trinajstić information content (AvgIpc) is 2.77. The SMILES string of the molecule is C[C@H](OC(=O)c1c2c(nc3ccccc13)CCCC2)C(=O)Nc1ccc(C(N)=O)cc1. The molecule has 3 N–H and O–H groups in total. The summed E-state index contributed by atoms with van der Waals surface area (Å²) in [6.07, 6.45) is 2.63. The van der Waals surface area contributed by atoms with Gasteiger partial charge in [0.15, 0.2) is 6.10 Å². The summed E-state index contributed by atoms with van der Waals surface area (Å²) in [4.78, 5) is 41.6. The highest BCUT2D eigenvalue weighted by molar-refractivity contribution is 6.06. The van der Waals surface area contributed by atoms with Crippen LogP contribution in [0.5, 0.6) is 0 Å². The van der Waals surface area contributed by atoms with Gasteiger partial charge in [0.2, 0.25) is 5.91 Å². The number of nitrogens with zero attached hydrogens (tertiary/aromatic N) is 1. The highest BCUT2D eigenvalue weighted by Crippen LogP contribution is 2.30. The molecular formula is C24H23N3O4. The molecule has 0 bridgehead atoms. The molecule has 2 amide bonds. The fraction of sp³-hybridized carbons (Fsp3) is 0.250. The lowest BCUT2D eigenvalue weighted by Gasteiger charge is -2.21. The van der Waals surface area contributed by atoms with Gasteiger partial charge in [0.25, 0.3) is 5.91 Å². The van der Waals surface area contributed by atoms with Crippen LogP contribution in [0.3, 0.4) is 0 Å². The van der Waals surface area contributed by atoms with Gasteiger partial charge < -0.3 is 15.8 Å². The van der Waals surface area contributed by atoms with Crippen molar-refractivity contribution in [3.05, 3.63) is 70.9 Å². The Bertz CT molecular complexity index is 1170. The summed E-state index contributed by atoms with van der Waals surface area (Å²) in [6.45, 7) is 1.53. The summed E-state index contributed by atoms with van der Waals surface area (Å²) in [5, 5.41) is 3.42. The van der Waals surface area contributed by atoms with Gasteiger partial charge in [0, 0.05) is 22.3 Å². The number of hydrogen-bond acceptors (Lipinski definition) is 5. The van der Waals surface area contributed by atoms with Crippen molar-refractivity contribution >= 4 is 34.4 Å². The number of rotatable bonds is 5. The standard InChI is InChI=1S/C24H23N3O4/c1-14(23(29)26-16-12-10-15(11-13-16)22(25)28)31-24(30)21-17-6-2-4-8-19(17)27-20-9-5-3-7-18(20)21/h2,4,6,8,10-14H,3,5,7,9H2,1H3,(H2,25,28)(H,26,29)/t14-/m0/s1. The number of esters is 1. The highest BCUT2D eigenvalue weighted by Gasteiger charge is 2.26. The summed E-state index contributed by atoms with van der Waals surface area (Å²) >= 11 is 0. The molecular weight excluding hydrogens is 394 g/mol. The van der Waals surface area contributed by atoms with Crippen molar-refractivity contribution in [3.8, 4) is 0 Å². The van der Waals surface area contributed by atoms with E-state index in [1.165, 1.54) is 19.1 Å². The fourth-order valence-corrected chi connectivity index (χ4v) is 3.84. The number of aryl methyl sites for hydroxylation is 1. The van der Waals surface area contributed by atoms with E-state index in [0.29, 0.717) is 16.8 Å². The number of amides is 2. The van der Waals surface area contributed by atoms with Gasteiger partial charge >= 0.3 is 5.97 Å². The zero-order chi connectivity index (χ0) is 22.0. The van der Waals surface area contributed by atoms with Crippen LogP contribution < -0.4 is 11.1 Å². The molecule has 0 spiro atoms. The van der Waals surface area contributed by atoms with Crippen LogP contribution in [0.2, 0.25) is 0 Å². The van der Waals surface area contributed by atoms with Crippen LogP contribution in [0.4, 0.5) is 5.69 Å². The number of ether oxygens (including phenoxy) is 1. The molecule has 1 aliphatic rings. The second-order valence-electron chi connectivity index (χ2n) is 7.61. The molecule has 0 aliphatic heterocycles. The number of carbonyl (C=O) groups is 3. The number of hydrogen-bond donors (Lipinski definition) is 2. The molecule has 0 radical (unpaired) electrons. The van der Waals surface area contributed by atoms with Crippen LogP contribution in [0.1, 0.15) is 51.7 Å². The van der Waals surface area contributed by atoms with E-state index in [9.17, 15) is 14.4 Å². The highest BCUT2D eigenvalue weighted by atomic mass is 16.5. The summed E-state index contributed by atoms with van der Waals surface area (Å²) in [6, 6.07) is 13.7. The first kappa shape index (κ1) is 20.5. The Morgan fingerprint density at radius 3 is 2.48 bits per heavy atom. The Labute approximate surface area is 179 Å². The topological polar surface area (TPSA) is 111 Å². The molecule has 4 rings (SSSR count). The zero-order valence-corrected chi connectivity index (χ0v) is 17.2. The van der Waals surface area contributed by atoms with Crippen molar-refractivity contribution in [3.63, 3.8) is 0 Å². The van der Waals surface area contributed by atoms with Crippen LogP contribution in [0, 0.1) is 0 Å². The lowest BCUT2D eigenvalue weighted by atomic mass is 9.90. The van der Waals surface area contributed by atoms with Crippen LogP contribution in [-0.4, -0.2) is 28.9 Å². The first-order chi connectivity index (χ1) is 14.9. The van der Waals surface area contributed by atoms with E-state index >= 15 is 0 Å². The third-order valence-corrected chi connectivity index (χ3v) is 5.46. The van der Waals surface area contributed by atoms with Gasteiger partial charge in [-0.1, -0.05) is 18.2 Å². The number of para-hydroxylation sites is 1. The lowest BCUT2D eigenvalue weighted by molar-refractivity contribution is -0.123. The molecule has 0 unspecified atom stereocenters. The molecule has 1 heterocycles. The average molecular weight is 417 g/mol. The van der Waals surface area contributed by atoms with E-state index in [1.807, 2.05) is 24.3 Å². The van der Waals surface area contributed by atoms with Gasteiger partial charge in [-0.25, -0.2) is 4.79 Å². The van der Waals surface area contributed by atoms with E-state index in [4.69, 9.17) is 15.5 Å². The number of pyridine rings is 1. The number of aromatic nitrogens is 1. The summed E-state index contributed by atoms with van der Waals surface area (Å²) in [5.74, 6) is -1.54. The summed E-state index contributed by atoms with van der Waals surface area (Å²) in [5.41, 5.74) is 9.15. The maximum Gasteiger partial charge on any atom is 0.339 e. The van der Waals surface area contributed by atoms with E-state index in [0.717, 1.165) is 47.8 Å². The van der Waals surface area contributed by atoms with Gasteiger partial charge in [0.1, 0.15) is 0 Å². The molecule has 1 aliphatic carbocycles. The molecule has 31 heavy (non-hydrogen) atoms. The first-order valence-corrected chi connectivity index (χ1v) is 10.3. The predicted octanol–water partition coefficient (Wildman–Crippen LogP) is 3.40. The second-order valence-corrected chi connectivity index (χ2v) is 7.61. The Morgan fingerprint density at radius 2 is 1.74 bits per heavy atom. The quantitative estimate of drug-likeness (QED) is 0.618. The van der Waals surface area contributed by atoms with Gasteiger partial charge in [-0.3, -0.25) is 14.6 Å². The lowest BCUT2D eigenvalue weighted by Crippen LogP contribution is -2.30. The smallest absolute Gasteiger partial charge is 0.339 e. The maximum absolute atomic E-state index is 13.1. The molecule has 0 fully saturated rings. The summed E-state index contributed by atoms with van der Waals surface area (Å²) < 4.78 is 5.55. The van der Waals surface area contributed by atoms with Gasteiger partial charge in [-0.05, 0) is 68.5 Å². The van der Waals surface area contributed by atoms with Crippen LogP contribution >= 0.6 is 0 Å². The second kappa shape index (κ2) is 8.55. The number of benzene rings is 2. The van der Waals surface area contributed by atoms with E-state index in [-0.39, 0.29) is 0 Å². The molecule has 158 valence electrons. The largest absolute Gasteiger partial charge is 0.449 e. The maximum atomic E-state index is 13.1. The molecule has 0 saturated carbocycles. The van der Waals surface area contributed by atoms with Crippen molar-refractivity contribution in [1.29, 1.82) is 0 Å². The van der Waals surface area contributed by atoms with E-state index in [1.54, 1.807) is 12.1 Å². The number of nitrogens with two attached hydrogens (primary N) is 1. The molecule has 0 saturated heterocycles. The van der Waals surface area contributed by atoms with Crippen LogP contribution in [0.25, 0.3) is 10.9 Å². The predicted molar refractivity (Wildman–Crippen MR) is 117 cm³/mol. The third kappa shape index (κ3) is 4.26. The molecule has 3 aromatic rings. The van der Waals surface area contributed by atoms with E-state index < -0.39 is 23.9 Å². The van der Waals surface area contributed by atoms with E-state index in [2.05, 4.69) is 5.32 Å². The van der Waals surface area contributed by atoms with Crippen molar-refractivity contribution in [2.24, 2.45) is 5.73 Å². The van der Waals surface area contributed by atoms with Crippen molar-refractivity contribution < 1.29 is 19.1 Å². The number of anilines is 1. The molecule has 1 aromatic heterocycles. The van der Waals surface area contributed by atoms with Crippen molar-refractivity contribution in [1.82, 2.24) is 4.98 Å². The Kier molecular flexibility index (Phi) is 5.66. The minimum absolute atomic E-state index is 0.340. The molecule has 1 atom stereocenters. The van der Waals surface area contributed by atoms with Gasteiger partial charge in [-0.15, -0.1) is 0 Å².